The third kappa shape index (κ3) is 2.38. The van der Waals surface area contributed by atoms with E-state index in [1.165, 1.54) is 11.6 Å². The standard InChI is InChI=1S/C14H15NO2/c1-3-17-13(16)8-7-11-9-15-12-6-4-5-10(2)14(11)12/h4-9,15H,3H2,1-2H3. The SMILES string of the molecule is CCOC(=O)C=Cc1c[nH]c2cccc(C)c12. The van der Waals surface area contributed by atoms with Crippen LogP contribution in [0.5, 0.6) is 0 Å². The van der Waals surface area contributed by atoms with Gasteiger partial charge in [0.1, 0.15) is 0 Å². The van der Waals surface area contributed by atoms with Crippen LogP contribution in [0.25, 0.3) is 17.0 Å². The van der Waals surface area contributed by atoms with Gasteiger partial charge < -0.3 is 9.72 Å². The minimum Gasteiger partial charge on any atom is -0.463 e. The van der Waals surface area contributed by atoms with Crippen LogP contribution >= 0.6 is 0 Å². The quantitative estimate of drug-likeness (QED) is 0.649. The molecule has 3 heteroatoms. The van der Waals surface area contributed by atoms with E-state index in [0.29, 0.717) is 6.61 Å². The first-order valence-corrected chi connectivity index (χ1v) is 5.64. The number of aromatic amines is 1. The molecule has 0 amide bonds. The van der Waals surface area contributed by atoms with Crippen molar-refractivity contribution in [1.29, 1.82) is 0 Å². The van der Waals surface area contributed by atoms with Crippen molar-refractivity contribution < 1.29 is 9.53 Å². The Hall–Kier alpha value is -2.03. The van der Waals surface area contributed by atoms with Crippen LogP contribution in [-0.4, -0.2) is 17.6 Å². The molecule has 0 aliphatic carbocycles. The van der Waals surface area contributed by atoms with Crippen molar-refractivity contribution in [2.24, 2.45) is 0 Å². The molecule has 0 aliphatic heterocycles. The van der Waals surface area contributed by atoms with Gasteiger partial charge in [0.05, 0.1) is 6.61 Å². The van der Waals surface area contributed by atoms with Gasteiger partial charge in [-0.3, -0.25) is 0 Å². The van der Waals surface area contributed by atoms with Crippen molar-refractivity contribution in [3.63, 3.8) is 0 Å². The van der Waals surface area contributed by atoms with E-state index in [1.54, 1.807) is 13.0 Å². The number of aromatic nitrogens is 1. The van der Waals surface area contributed by atoms with E-state index in [4.69, 9.17) is 4.74 Å². The fourth-order valence-electron chi connectivity index (χ4n) is 1.88. The van der Waals surface area contributed by atoms with Gasteiger partial charge in [-0.15, -0.1) is 0 Å². The van der Waals surface area contributed by atoms with Gasteiger partial charge in [0.2, 0.25) is 0 Å². The normalized spacial score (nSPS) is 11.2. The third-order valence-corrected chi connectivity index (χ3v) is 2.63. The van der Waals surface area contributed by atoms with Gasteiger partial charge in [0, 0.05) is 28.7 Å². The van der Waals surface area contributed by atoms with Gasteiger partial charge in [-0.1, -0.05) is 12.1 Å². The highest BCUT2D eigenvalue weighted by molar-refractivity contribution is 5.95. The molecule has 1 aromatic heterocycles. The molecule has 0 radical (unpaired) electrons. The first kappa shape index (κ1) is 11.5. The monoisotopic (exact) mass is 229 g/mol. The van der Waals surface area contributed by atoms with E-state index < -0.39 is 0 Å². The molecule has 0 aliphatic rings. The van der Waals surface area contributed by atoms with Crippen LogP contribution in [0.2, 0.25) is 0 Å². The number of rotatable bonds is 3. The minimum absolute atomic E-state index is 0.310. The van der Waals surface area contributed by atoms with Crippen molar-refractivity contribution >= 4 is 22.9 Å². The van der Waals surface area contributed by atoms with Gasteiger partial charge in [0.15, 0.2) is 0 Å². The molecule has 0 bridgehead atoms. The largest absolute Gasteiger partial charge is 0.463 e. The van der Waals surface area contributed by atoms with E-state index in [2.05, 4.69) is 18.0 Å². The van der Waals surface area contributed by atoms with Crippen LogP contribution in [0.1, 0.15) is 18.1 Å². The molecular weight excluding hydrogens is 214 g/mol. The lowest BCUT2D eigenvalue weighted by atomic mass is 10.1. The predicted molar refractivity (Wildman–Crippen MR) is 68.7 cm³/mol. The molecule has 2 rings (SSSR count). The van der Waals surface area contributed by atoms with E-state index in [0.717, 1.165) is 16.5 Å². The molecule has 0 spiro atoms. The highest BCUT2D eigenvalue weighted by Crippen LogP contribution is 2.22. The average molecular weight is 229 g/mol. The van der Waals surface area contributed by atoms with Crippen LogP contribution in [0.3, 0.4) is 0 Å². The molecule has 2 aromatic rings. The van der Waals surface area contributed by atoms with Crippen molar-refractivity contribution in [3.8, 4) is 0 Å². The number of H-pyrrole nitrogens is 1. The van der Waals surface area contributed by atoms with Gasteiger partial charge in [0.25, 0.3) is 0 Å². The molecule has 17 heavy (non-hydrogen) atoms. The molecule has 0 atom stereocenters. The van der Waals surface area contributed by atoms with E-state index in [1.807, 2.05) is 18.3 Å². The fraction of sp³-hybridized carbons (Fsp3) is 0.214. The van der Waals surface area contributed by atoms with Crippen molar-refractivity contribution in [2.45, 2.75) is 13.8 Å². The van der Waals surface area contributed by atoms with Gasteiger partial charge in [-0.05, 0) is 31.6 Å². The second kappa shape index (κ2) is 4.87. The topological polar surface area (TPSA) is 42.1 Å². The first-order chi connectivity index (χ1) is 8.22. The maximum Gasteiger partial charge on any atom is 0.330 e. The Morgan fingerprint density at radius 1 is 1.47 bits per heavy atom. The number of hydrogen-bond donors (Lipinski definition) is 1. The third-order valence-electron chi connectivity index (χ3n) is 2.63. The Labute approximate surface area is 100 Å². The summed E-state index contributed by atoms with van der Waals surface area (Å²) >= 11 is 0. The molecule has 0 unspecified atom stereocenters. The Morgan fingerprint density at radius 2 is 2.29 bits per heavy atom. The van der Waals surface area contributed by atoms with Crippen molar-refractivity contribution in [2.75, 3.05) is 6.61 Å². The summed E-state index contributed by atoms with van der Waals surface area (Å²) in [5.41, 5.74) is 3.27. The number of benzene rings is 1. The molecule has 1 N–H and O–H groups in total. The number of nitrogens with one attached hydrogen (secondary N) is 1. The summed E-state index contributed by atoms with van der Waals surface area (Å²) < 4.78 is 4.85. The summed E-state index contributed by atoms with van der Waals surface area (Å²) in [7, 11) is 0. The van der Waals surface area contributed by atoms with E-state index in [9.17, 15) is 4.79 Å². The molecule has 1 aromatic carbocycles. The summed E-state index contributed by atoms with van der Waals surface area (Å²) in [6.07, 6.45) is 5.13. The van der Waals surface area contributed by atoms with E-state index in [-0.39, 0.29) is 5.97 Å². The molecule has 3 nitrogen and oxygen atoms in total. The summed E-state index contributed by atoms with van der Waals surface area (Å²) in [5, 5.41) is 1.15. The predicted octanol–water partition coefficient (Wildman–Crippen LogP) is 3.05. The second-order valence-corrected chi connectivity index (χ2v) is 3.83. The number of hydrogen-bond acceptors (Lipinski definition) is 2. The van der Waals surface area contributed by atoms with Crippen LogP contribution in [0.4, 0.5) is 0 Å². The maximum absolute atomic E-state index is 11.2. The highest BCUT2D eigenvalue weighted by atomic mass is 16.5. The van der Waals surface area contributed by atoms with Crippen molar-refractivity contribution in [1.82, 2.24) is 4.98 Å². The average Bonchev–Trinajstić information content (AvgIpc) is 2.71. The van der Waals surface area contributed by atoms with Gasteiger partial charge in [-0.2, -0.15) is 0 Å². The van der Waals surface area contributed by atoms with Crippen LogP contribution < -0.4 is 0 Å². The first-order valence-electron chi connectivity index (χ1n) is 5.64. The summed E-state index contributed by atoms with van der Waals surface area (Å²) in [4.78, 5) is 14.4. The molecule has 1 heterocycles. The molecule has 0 saturated heterocycles. The number of fused-ring (bicyclic) bond motifs is 1. The summed E-state index contributed by atoms with van der Waals surface area (Å²) in [5.74, 6) is -0.310. The number of esters is 1. The Balaban J connectivity index is 2.34. The lowest BCUT2D eigenvalue weighted by molar-refractivity contribution is -0.137. The Morgan fingerprint density at radius 3 is 3.06 bits per heavy atom. The molecule has 0 saturated carbocycles. The minimum atomic E-state index is -0.310. The zero-order chi connectivity index (χ0) is 12.3. The second-order valence-electron chi connectivity index (χ2n) is 3.83. The molecule has 88 valence electrons. The zero-order valence-corrected chi connectivity index (χ0v) is 9.99. The maximum atomic E-state index is 11.2. The lowest BCUT2D eigenvalue weighted by Crippen LogP contribution is -1.98. The van der Waals surface area contributed by atoms with Crippen molar-refractivity contribution in [3.05, 3.63) is 41.6 Å². The zero-order valence-electron chi connectivity index (χ0n) is 9.99. The Bertz CT molecular complexity index is 567. The van der Waals surface area contributed by atoms with Crippen LogP contribution in [0, 0.1) is 6.92 Å². The Kier molecular flexibility index (Phi) is 3.28. The lowest BCUT2D eigenvalue weighted by Gasteiger charge is -1.97. The number of ether oxygens (including phenoxy) is 1. The highest BCUT2D eigenvalue weighted by Gasteiger charge is 2.03. The number of aryl methyl sites for hydroxylation is 1. The fourth-order valence-corrected chi connectivity index (χ4v) is 1.88. The number of carbonyl (C=O) groups is 1. The van der Waals surface area contributed by atoms with E-state index >= 15 is 0 Å². The summed E-state index contributed by atoms with van der Waals surface area (Å²) in [6.45, 7) is 4.25. The summed E-state index contributed by atoms with van der Waals surface area (Å²) in [6, 6.07) is 6.08. The van der Waals surface area contributed by atoms with Gasteiger partial charge >= 0.3 is 5.97 Å². The molecular formula is C14H15NO2. The van der Waals surface area contributed by atoms with Crippen LogP contribution in [0.15, 0.2) is 30.5 Å². The smallest absolute Gasteiger partial charge is 0.330 e. The van der Waals surface area contributed by atoms with Crippen LogP contribution in [-0.2, 0) is 9.53 Å². The molecule has 0 fully saturated rings. The van der Waals surface area contributed by atoms with Gasteiger partial charge in [-0.25, -0.2) is 4.79 Å². The number of carbonyl (C=O) groups excluding carboxylic acids is 1.